The summed E-state index contributed by atoms with van der Waals surface area (Å²) in [5, 5.41) is 1.23. The number of fused-ring (bicyclic) bond motifs is 3. The molecule has 3 rings (SSSR count). The second-order valence-electron chi connectivity index (χ2n) is 7.76. The molecule has 1 atom stereocenters. The van der Waals surface area contributed by atoms with Gasteiger partial charge in [0.15, 0.2) is 6.10 Å². The summed E-state index contributed by atoms with van der Waals surface area (Å²) in [5.41, 5.74) is 3.79. The van der Waals surface area contributed by atoms with Gasteiger partial charge in [0.1, 0.15) is 4.83 Å². The van der Waals surface area contributed by atoms with Crippen LogP contribution >= 0.6 is 11.3 Å². The second-order valence-corrected chi connectivity index (χ2v) is 8.84. The first kappa shape index (κ1) is 18.3. The van der Waals surface area contributed by atoms with Gasteiger partial charge in [-0.2, -0.15) is 0 Å². The zero-order chi connectivity index (χ0) is 18.4. The number of thiophene rings is 1. The number of aryl methyl sites for hydroxylation is 4. The van der Waals surface area contributed by atoms with Crippen molar-refractivity contribution in [2.24, 2.45) is 0 Å². The molecule has 2 aromatic rings. The Labute approximate surface area is 153 Å². The van der Waals surface area contributed by atoms with Crippen molar-refractivity contribution in [3.8, 4) is 0 Å². The van der Waals surface area contributed by atoms with E-state index in [1.165, 1.54) is 35.8 Å². The fourth-order valence-electron chi connectivity index (χ4n) is 3.71. The van der Waals surface area contributed by atoms with Crippen molar-refractivity contribution < 1.29 is 14.3 Å². The van der Waals surface area contributed by atoms with E-state index in [-0.39, 0.29) is 5.97 Å². The van der Waals surface area contributed by atoms with Crippen molar-refractivity contribution in [1.82, 2.24) is 4.98 Å². The molecule has 1 unspecified atom stereocenters. The average molecular weight is 362 g/mol. The van der Waals surface area contributed by atoms with Gasteiger partial charge in [0.25, 0.3) is 0 Å². The zero-order valence-corrected chi connectivity index (χ0v) is 16.8. The molecule has 1 aliphatic carbocycles. The Balaban J connectivity index is 2.21. The monoisotopic (exact) mass is 361 g/mol. The van der Waals surface area contributed by atoms with Crippen molar-refractivity contribution in [2.45, 2.75) is 72.0 Å². The van der Waals surface area contributed by atoms with Gasteiger partial charge in [0, 0.05) is 21.5 Å². The van der Waals surface area contributed by atoms with E-state index in [0.717, 1.165) is 34.5 Å². The van der Waals surface area contributed by atoms with Crippen LogP contribution in [-0.4, -0.2) is 23.7 Å². The van der Waals surface area contributed by atoms with Crippen LogP contribution in [0.1, 0.15) is 67.0 Å². The summed E-state index contributed by atoms with van der Waals surface area (Å²) < 4.78 is 11.1. The zero-order valence-electron chi connectivity index (χ0n) is 16.0. The minimum atomic E-state index is -0.749. The fraction of sp³-hybridized carbons (Fsp3) is 0.600. The number of esters is 1. The molecule has 2 aromatic heterocycles. The Hall–Kier alpha value is -1.46. The highest BCUT2D eigenvalue weighted by Gasteiger charge is 2.32. The quantitative estimate of drug-likeness (QED) is 0.735. The van der Waals surface area contributed by atoms with Gasteiger partial charge in [0.05, 0.1) is 12.7 Å². The number of rotatable bonds is 3. The molecule has 0 N–H and O–H groups in total. The molecule has 1 aliphatic rings. The number of methoxy groups -OCH3 is 1. The fourth-order valence-corrected chi connectivity index (χ4v) is 5.08. The molecule has 2 heterocycles. The number of ether oxygens (including phenoxy) is 2. The van der Waals surface area contributed by atoms with Crippen LogP contribution in [-0.2, 0) is 27.1 Å². The highest BCUT2D eigenvalue weighted by Crippen LogP contribution is 2.41. The van der Waals surface area contributed by atoms with Gasteiger partial charge in [-0.05, 0) is 71.4 Å². The summed E-state index contributed by atoms with van der Waals surface area (Å²) in [7, 11) is 1.41. The second kappa shape index (κ2) is 6.69. The predicted octanol–water partition coefficient (Wildman–Crippen LogP) is 4.82. The third-order valence-electron chi connectivity index (χ3n) is 4.74. The number of hydrogen-bond acceptors (Lipinski definition) is 5. The maximum atomic E-state index is 12.5. The first-order chi connectivity index (χ1) is 11.7. The average Bonchev–Trinajstić information content (AvgIpc) is 2.90. The van der Waals surface area contributed by atoms with Crippen LogP contribution in [0.3, 0.4) is 0 Å². The summed E-state index contributed by atoms with van der Waals surface area (Å²) in [4.78, 5) is 19.9. The normalized spacial score (nSPS) is 15.9. The molecule has 0 saturated heterocycles. The Morgan fingerprint density at radius 3 is 2.52 bits per heavy atom. The number of aromatic nitrogens is 1. The van der Waals surface area contributed by atoms with Crippen LogP contribution in [0.5, 0.6) is 0 Å². The molecule has 5 heteroatoms. The van der Waals surface area contributed by atoms with Gasteiger partial charge in [0.2, 0.25) is 0 Å². The molecule has 4 nitrogen and oxygen atoms in total. The smallest absolute Gasteiger partial charge is 0.339 e. The van der Waals surface area contributed by atoms with E-state index in [1.807, 2.05) is 39.0 Å². The van der Waals surface area contributed by atoms with E-state index in [2.05, 4.69) is 6.92 Å². The van der Waals surface area contributed by atoms with Gasteiger partial charge in [-0.15, -0.1) is 11.3 Å². The molecule has 0 fully saturated rings. The summed E-state index contributed by atoms with van der Waals surface area (Å²) in [6, 6.07) is 0. The van der Waals surface area contributed by atoms with Crippen molar-refractivity contribution >= 4 is 27.5 Å². The lowest BCUT2D eigenvalue weighted by Gasteiger charge is -2.28. The van der Waals surface area contributed by atoms with Gasteiger partial charge in [-0.3, -0.25) is 0 Å². The molecule has 136 valence electrons. The molecule has 0 aliphatic heterocycles. The molecule has 0 spiro atoms. The summed E-state index contributed by atoms with van der Waals surface area (Å²) in [5.74, 6) is -0.369. The maximum absolute atomic E-state index is 12.5. The maximum Gasteiger partial charge on any atom is 0.339 e. The molecule has 0 saturated carbocycles. The standard InChI is InChI=1S/C20H27NO3S/c1-11-15(17(19(22)23-6)24-20(3,4)5)12(2)21-18-16(11)13-9-7-8-10-14(13)25-18/h17H,7-10H2,1-6H3. The molecule has 0 aromatic carbocycles. The lowest BCUT2D eigenvalue weighted by molar-refractivity contribution is -0.164. The van der Waals surface area contributed by atoms with Crippen LogP contribution in [0, 0.1) is 13.8 Å². The largest absolute Gasteiger partial charge is 0.467 e. The van der Waals surface area contributed by atoms with Crippen molar-refractivity contribution in [2.75, 3.05) is 7.11 Å². The van der Waals surface area contributed by atoms with E-state index >= 15 is 0 Å². The molecular weight excluding hydrogens is 334 g/mol. The SMILES string of the molecule is COC(=O)C(OC(C)(C)C)c1c(C)nc2sc3c(c2c1C)CCCC3. The van der Waals surface area contributed by atoms with Crippen LogP contribution in [0.4, 0.5) is 0 Å². The lowest BCUT2D eigenvalue weighted by Crippen LogP contribution is -2.29. The number of carbonyl (C=O) groups excluding carboxylic acids is 1. The third-order valence-corrected chi connectivity index (χ3v) is 5.93. The number of pyridine rings is 1. The minimum Gasteiger partial charge on any atom is -0.467 e. The topological polar surface area (TPSA) is 48.4 Å². The molecule has 0 amide bonds. The van der Waals surface area contributed by atoms with Crippen molar-refractivity contribution in [3.05, 3.63) is 27.3 Å². The van der Waals surface area contributed by atoms with Crippen LogP contribution < -0.4 is 0 Å². The highest BCUT2D eigenvalue weighted by molar-refractivity contribution is 7.18. The van der Waals surface area contributed by atoms with Gasteiger partial charge < -0.3 is 9.47 Å². The number of nitrogens with zero attached hydrogens (tertiary/aromatic N) is 1. The third kappa shape index (κ3) is 3.44. The first-order valence-corrected chi connectivity index (χ1v) is 9.71. The Bertz CT molecular complexity index is 817. The summed E-state index contributed by atoms with van der Waals surface area (Å²) >= 11 is 1.81. The molecule has 0 bridgehead atoms. The van der Waals surface area contributed by atoms with Crippen molar-refractivity contribution in [1.29, 1.82) is 0 Å². The Kier molecular flexibility index (Phi) is 4.91. The van der Waals surface area contributed by atoms with Gasteiger partial charge >= 0.3 is 5.97 Å². The van der Waals surface area contributed by atoms with E-state index in [0.29, 0.717) is 0 Å². The lowest BCUT2D eigenvalue weighted by atomic mass is 9.92. The van der Waals surface area contributed by atoms with E-state index in [9.17, 15) is 4.79 Å². The van der Waals surface area contributed by atoms with Crippen LogP contribution in [0.25, 0.3) is 10.2 Å². The first-order valence-electron chi connectivity index (χ1n) is 8.90. The van der Waals surface area contributed by atoms with E-state index < -0.39 is 11.7 Å². The van der Waals surface area contributed by atoms with Crippen LogP contribution in [0.2, 0.25) is 0 Å². The Morgan fingerprint density at radius 2 is 1.88 bits per heavy atom. The van der Waals surface area contributed by atoms with Gasteiger partial charge in [-0.25, -0.2) is 9.78 Å². The van der Waals surface area contributed by atoms with Gasteiger partial charge in [-0.1, -0.05) is 0 Å². The molecule has 0 radical (unpaired) electrons. The van der Waals surface area contributed by atoms with E-state index in [4.69, 9.17) is 14.5 Å². The summed E-state index contributed by atoms with van der Waals surface area (Å²) in [6.07, 6.45) is 3.97. The summed E-state index contributed by atoms with van der Waals surface area (Å²) in [6.45, 7) is 9.91. The highest BCUT2D eigenvalue weighted by atomic mass is 32.1. The van der Waals surface area contributed by atoms with Crippen molar-refractivity contribution in [3.63, 3.8) is 0 Å². The molecular formula is C20H27NO3S. The Morgan fingerprint density at radius 1 is 1.20 bits per heavy atom. The number of carbonyl (C=O) groups is 1. The minimum absolute atomic E-state index is 0.369. The van der Waals surface area contributed by atoms with E-state index in [1.54, 1.807) is 0 Å². The number of hydrogen-bond donors (Lipinski definition) is 0. The van der Waals surface area contributed by atoms with Crippen LogP contribution in [0.15, 0.2) is 0 Å². The predicted molar refractivity (Wildman–Crippen MR) is 101 cm³/mol. The molecule has 25 heavy (non-hydrogen) atoms.